The van der Waals surface area contributed by atoms with Gasteiger partial charge >= 0.3 is 0 Å². The molecule has 6 nitrogen and oxygen atoms in total. The van der Waals surface area contributed by atoms with Crippen molar-refractivity contribution in [3.8, 4) is 11.5 Å². The number of ether oxygens (including phenoxy) is 1. The molecule has 0 spiro atoms. The first-order chi connectivity index (χ1) is 8.34. The third-order valence-electron chi connectivity index (χ3n) is 2.52. The second-order valence-corrected chi connectivity index (χ2v) is 3.99. The molecule has 0 amide bonds. The Kier molecular flexibility index (Phi) is 2.84. The number of nitrogens with zero attached hydrogens (tertiary/aromatic N) is 2. The molecule has 7 heteroatoms. The normalized spacial score (nSPS) is 20.6. The van der Waals surface area contributed by atoms with Crippen LogP contribution in [-0.4, -0.2) is 29.9 Å². The number of rotatable bonds is 2. The SMILES string of the molecule is Clc1occc1-c1nc(C2COCCN2)no1. The predicted molar refractivity (Wildman–Crippen MR) is 58.6 cm³/mol. The van der Waals surface area contributed by atoms with Gasteiger partial charge in [0.15, 0.2) is 5.82 Å². The van der Waals surface area contributed by atoms with E-state index >= 15 is 0 Å². The molecule has 0 aromatic carbocycles. The average molecular weight is 256 g/mol. The molecule has 0 radical (unpaired) electrons. The summed E-state index contributed by atoms with van der Waals surface area (Å²) in [5, 5.41) is 7.39. The summed E-state index contributed by atoms with van der Waals surface area (Å²) in [4.78, 5) is 4.27. The minimum absolute atomic E-state index is 0.0353. The van der Waals surface area contributed by atoms with Crippen molar-refractivity contribution in [1.29, 1.82) is 0 Å². The lowest BCUT2D eigenvalue weighted by Crippen LogP contribution is -2.35. The monoisotopic (exact) mass is 255 g/mol. The fourth-order valence-electron chi connectivity index (χ4n) is 1.66. The Morgan fingerprint density at radius 1 is 1.47 bits per heavy atom. The molecule has 1 saturated heterocycles. The number of hydrogen-bond acceptors (Lipinski definition) is 6. The van der Waals surface area contributed by atoms with Crippen LogP contribution in [0.1, 0.15) is 11.9 Å². The van der Waals surface area contributed by atoms with Gasteiger partial charge in [0.25, 0.3) is 5.89 Å². The Balaban J connectivity index is 1.85. The van der Waals surface area contributed by atoms with Crippen molar-refractivity contribution < 1.29 is 13.7 Å². The van der Waals surface area contributed by atoms with E-state index in [1.54, 1.807) is 6.07 Å². The molecule has 3 rings (SSSR count). The van der Waals surface area contributed by atoms with E-state index in [9.17, 15) is 0 Å². The van der Waals surface area contributed by atoms with Gasteiger partial charge in [-0.15, -0.1) is 0 Å². The highest BCUT2D eigenvalue weighted by atomic mass is 35.5. The van der Waals surface area contributed by atoms with Crippen molar-refractivity contribution in [3.05, 3.63) is 23.4 Å². The first-order valence-electron chi connectivity index (χ1n) is 5.22. The quantitative estimate of drug-likeness (QED) is 0.880. The first-order valence-corrected chi connectivity index (χ1v) is 5.60. The second kappa shape index (κ2) is 4.48. The van der Waals surface area contributed by atoms with E-state index in [4.69, 9.17) is 25.3 Å². The highest BCUT2D eigenvalue weighted by molar-refractivity contribution is 6.31. The van der Waals surface area contributed by atoms with Crippen LogP contribution in [0.4, 0.5) is 0 Å². The minimum atomic E-state index is -0.0353. The summed E-state index contributed by atoms with van der Waals surface area (Å²) in [6.45, 7) is 2.02. The molecule has 1 aliphatic rings. The van der Waals surface area contributed by atoms with Gasteiger partial charge < -0.3 is 19.0 Å². The van der Waals surface area contributed by atoms with Crippen molar-refractivity contribution in [2.75, 3.05) is 19.8 Å². The summed E-state index contributed by atoms with van der Waals surface area (Å²) in [6, 6.07) is 1.65. The second-order valence-electron chi connectivity index (χ2n) is 3.65. The highest BCUT2D eigenvalue weighted by Crippen LogP contribution is 2.28. The summed E-state index contributed by atoms with van der Waals surface area (Å²) in [5.74, 6) is 0.920. The number of nitrogens with one attached hydrogen (secondary N) is 1. The van der Waals surface area contributed by atoms with Crippen molar-refractivity contribution in [1.82, 2.24) is 15.5 Å². The number of morpholine rings is 1. The molecule has 17 heavy (non-hydrogen) atoms. The van der Waals surface area contributed by atoms with Gasteiger partial charge in [0, 0.05) is 6.54 Å². The molecule has 1 aliphatic heterocycles. The standard InChI is InChI=1S/C10H10ClN3O3/c11-8-6(1-3-16-8)10-13-9(14-17-10)7-5-15-4-2-12-7/h1,3,7,12H,2,4-5H2. The van der Waals surface area contributed by atoms with Crippen LogP contribution in [0, 0.1) is 0 Å². The van der Waals surface area contributed by atoms with Gasteiger partial charge in [-0.05, 0) is 17.7 Å². The maximum absolute atomic E-state index is 5.83. The van der Waals surface area contributed by atoms with Crippen LogP contribution in [0.3, 0.4) is 0 Å². The molecular weight excluding hydrogens is 246 g/mol. The topological polar surface area (TPSA) is 73.3 Å². The van der Waals surface area contributed by atoms with E-state index in [0.717, 1.165) is 6.54 Å². The summed E-state index contributed by atoms with van der Waals surface area (Å²) >= 11 is 5.83. The van der Waals surface area contributed by atoms with E-state index in [2.05, 4.69) is 15.5 Å². The van der Waals surface area contributed by atoms with Gasteiger partial charge in [-0.2, -0.15) is 4.98 Å². The number of furan rings is 1. The van der Waals surface area contributed by atoms with Crippen LogP contribution < -0.4 is 5.32 Å². The fraction of sp³-hybridized carbons (Fsp3) is 0.400. The summed E-state index contributed by atoms with van der Waals surface area (Å²) < 4.78 is 15.4. The molecule has 1 N–H and O–H groups in total. The average Bonchev–Trinajstić information content (AvgIpc) is 2.98. The Hall–Kier alpha value is -1.37. The van der Waals surface area contributed by atoms with E-state index in [1.165, 1.54) is 6.26 Å². The van der Waals surface area contributed by atoms with Crippen LogP contribution in [0.2, 0.25) is 5.22 Å². The van der Waals surface area contributed by atoms with Crippen LogP contribution in [0.15, 0.2) is 21.3 Å². The highest BCUT2D eigenvalue weighted by Gasteiger charge is 2.22. The molecule has 0 saturated carbocycles. The van der Waals surface area contributed by atoms with Gasteiger partial charge in [-0.1, -0.05) is 5.16 Å². The van der Waals surface area contributed by atoms with Crippen LogP contribution in [-0.2, 0) is 4.74 Å². The zero-order chi connectivity index (χ0) is 11.7. The number of halogens is 1. The zero-order valence-electron chi connectivity index (χ0n) is 8.85. The Morgan fingerprint density at radius 2 is 2.41 bits per heavy atom. The maximum atomic E-state index is 5.83. The summed E-state index contributed by atoms with van der Waals surface area (Å²) in [6.07, 6.45) is 1.48. The molecule has 1 fully saturated rings. The van der Waals surface area contributed by atoms with Gasteiger partial charge in [0.05, 0.1) is 31.1 Å². The van der Waals surface area contributed by atoms with Crippen molar-refractivity contribution in [2.24, 2.45) is 0 Å². The molecule has 3 heterocycles. The van der Waals surface area contributed by atoms with Gasteiger partial charge in [-0.25, -0.2) is 0 Å². The summed E-state index contributed by atoms with van der Waals surface area (Å²) in [7, 11) is 0. The molecular formula is C10H10ClN3O3. The molecule has 2 aromatic rings. The molecule has 1 atom stereocenters. The van der Waals surface area contributed by atoms with E-state index in [-0.39, 0.29) is 11.3 Å². The van der Waals surface area contributed by atoms with Crippen molar-refractivity contribution in [2.45, 2.75) is 6.04 Å². The lowest BCUT2D eigenvalue weighted by atomic mass is 10.2. The third kappa shape index (κ3) is 2.06. The van der Waals surface area contributed by atoms with E-state index in [1.807, 2.05) is 0 Å². The summed E-state index contributed by atoms with van der Waals surface area (Å²) in [5.41, 5.74) is 0.599. The maximum Gasteiger partial charge on any atom is 0.262 e. The molecule has 2 aromatic heterocycles. The lowest BCUT2D eigenvalue weighted by molar-refractivity contribution is 0.0734. The van der Waals surface area contributed by atoms with E-state index in [0.29, 0.717) is 30.5 Å². The molecule has 1 unspecified atom stereocenters. The fourth-order valence-corrected chi connectivity index (χ4v) is 1.86. The van der Waals surface area contributed by atoms with Crippen molar-refractivity contribution in [3.63, 3.8) is 0 Å². The van der Waals surface area contributed by atoms with Crippen LogP contribution >= 0.6 is 11.6 Å². The third-order valence-corrected chi connectivity index (χ3v) is 2.82. The Labute approximate surface area is 102 Å². The smallest absolute Gasteiger partial charge is 0.262 e. The zero-order valence-corrected chi connectivity index (χ0v) is 9.61. The Morgan fingerprint density at radius 3 is 3.12 bits per heavy atom. The molecule has 0 aliphatic carbocycles. The Bertz CT molecular complexity index is 504. The first kappa shape index (κ1) is 10.8. The number of hydrogen-bond donors (Lipinski definition) is 1. The number of aromatic nitrogens is 2. The van der Waals surface area contributed by atoms with Gasteiger partial charge in [0.1, 0.15) is 0 Å². The van der Waals surface area contributed by atoms with Crippen molar-refractivity contribution >= 4 is 11.6 Å². The van der Waals surface area contributed by atoms with Crippen LogP contribution in [0.5, 0.6) is 0 Å². The molecule has 90 valence electrons. The molecule has 0 bridgehead atoms. The van der Waals surface area contributed by atoms with Gasteiger partial charge in [0.2, 0.25) is 5.22 Å². The van der Waals surface area contributed by atoms with Gasteiger partial charge in [-0.3, -0.25) is 0 Å². The lowest BCUT2D eigenvalue weighted by Gasteiger charge is -2.20. The van der Waals surface area contributed by atoms with Crippen LogP contribution in [0.25, 0.3) is 11.5 Å². The largest absolute Gasteiger partial charge is 0.452 e. The predicted octanol–water partition coefficient (Wildman–Crippen LogP) is 1.64. The van der Waals surface area contributed by atoms with E-state index < -0.39 is 0 Å². The minimum Gasteiger partial charge on any atom is -0.452 e.